The van der Waals surface area contributed by atoms with Crippen LogP contribution in [0.4, 0.5) is 4.39 Å². The maximum Gasteiger partial charge on any atom is 0.141 e. The molecule has 96 valence electrons. The number of nitriles is 1. The van der Waals surface area contributed by atoms with Gasteiger partial charge in [-0.2, -0.15) is 5.26 Å². The van der Waals surface area contributed by atoms with E-state index in [-0.39, 0.29) is 11.7 Å². The topological polar surface area (TPSA) is 33.0 Å². The minimum absolute atomic E-state index is 0.0594. The van der Waals surface area contributed by atoms with Crippen LogP contribution < -0.4 is 4.74 Å². The summed E-state index contributed by atoms with van der Waals surface area (Å²) in [4.78, 5) is 0. The van der Waals surface area contributed by atoms with E-state index in [1.807, 2.05) is 44.2 Å². The van der Waals surface area contributed by atoms with Crippen molar-refractivity contribution < 1.29 is 9.13 Å². The Labute approximate surface area is 112 Å². The van der Waals surface area contributed by atoms with Gasteiger partial charge >= 0.3 is 0 Å². The van der Waals surface area contributed by atoms with Crippen LogP contribution in [0.15, 0.2) is 42.5 Å². The monoisotopic (exact) mass is 255 g/mol. The number of halogens is 1. The average molecular weight is 255 g/mol. The van der Waals surface area contributed by atoms with Crippen molar-refractivity contribution in [2.24, 2.45) is 0 Å². The predicted octanol–water partition coefficient (Wildman–Crippen LogP) is 4.15. The highest BCUT2D eigenvalue weighted by atomic mass is 19.1. The van der Waals surface area contributed by atoms with Crippen molar-refractivity contribution in [3.05, 3.63) is 53.8 Å². The molecule has 2 nitrogen and oxygen atoms in total. The standard InChI is InChI=1S/C16H14FNO/c1-11(2)19-13-6-3-5-12(9-13)14-7-4-8-16(17)15(14)10-18/h3-9,11H,1-2H3. The summed E-state index contributed by atoms with van der Waals surface area (Å²) < 4.78 is 19.2. The molecule has 0 heterocycles. The molecule has 19 heavy (non-hydrogen) atoms. The van der Waals surface area contributed by atoms with Gasteiger partial charge in [-0.15, -0.1) is 0 Å². The molecule has 0 saturated carbocycles. The molecular formula is C16H14FNO. The molecule has 0 aromatic heterocycles. The van der Waals surface area contributed by atoms with Crippen molar-refractivity contribution in [1.82, 2.24) is 0 Å². The molecule has 0 fully saturated rings. The van der Waals surface area contributed by atoms with Crippen LogP contribution in [0.2, 0.25) is 0 Å². The second-order valence-corrected chi connectivity index (χ2v) is 4.47. The third-order valence-electron chi connectivity index (χ3n) is 2.64. The van der Waals surface area contributed by atoms with Crippen LogP contribution >= 0.6 is 0 Å². The molecule has 0 saturated heterocycles. The predicted molar refractivity (Wildman–Crippen MR) is 72.3 cm³/mol. The summed E-state index contributed by atoms with van der Waals surface area (Å²) in [6, 6.07) is 13.9. The number of hydrogen-bond acceptors (Lipinski definition) is 2. The number of benzene rings is 2. The smallest absolute Gasteiger partial charge is 0.141 e. The van der Waals surface area contributed by atoms with E-state index >= 15 is 0 Å². The van der Waals surface area contributed by atoms with Crippen molar-refractivity contribution >= 4 is 0 Å². The van der Waals surface area contributed by atoms with Crippen LogP contribution in [-0.2, 0) is 0 Å². The van der Waals surface area contributed by atoms with Crippen molar-refractivity contribution in [2.75, 3.05) is 0 Å². The normalized spacial score (nSPS) is 10.3. The Morgan fingerprint density at radius 1 is 1.16 bits per heavy atom. The van der Waals surface area contributed by atoms with E-state index < -0.39 is 5.82 Å². The van der Waals surface area contributed by atoms with Gasteiger partial charge in [0.1, 0.15) is 17.6 Å². The Balaban J connectivity index is 2.48. The summed E-state index contributed by atoms with van der Waals surface area (Å²) in [6.07, 6.45) is 0.0678. The van der Waals surface area contributed by atoms with E-state index in [0.29, 0.717) is 11.3 Å². The summed E-state index contributed by atoms with van der Waals surface area (Å²) in [5.41, 5.74) is 1.41. The summed E-state index contributed by atoms with van der Waals surface area (Å²) >= 11 is 0. The van der Waals surface area contributed by atoms with Crippen molar-refractivity contribution in [2.45, 2.75) is 20.0 Å². The van der Waals surface area contributed by atoms with Gasteiger partial charge in [0.15, 0.2) is 0 Å². The fraction of sp³-hybridized carbons (Fsp3) is 0.188. The second kappa shape index (κ2) is 5.53. The van der Waals surface area contributed by atoms with Gasteiger partial charge in [0.25, 0.3) is 0 Å². The molecule has 0 aliphatic heterocycles. The maximum absolute atomic E-state index is 13.6. The minimum Gasteiger partial charge on any atom is -0.491 e. The fourth-order valence-electron chi connectivity index (χ4n) is 1.89. The lowest BCUT2D eigenvalue weighted by molar-refractivity contribution is 0.242. The third-order valence-corrected chi connectivity index (χ3v) is 2.64. The Morgan fingerprint density at radius 3 is 2.58 bits per heavy atom. The van der Waals surface area contributed by atoms with Crippen LogP contribution in [0.5, 0.6) is 5.75 Å². The van der Waals surface area contributed by atoms with E-state index in [1.54, 1.807) is 12.1 Å². The molecule has 0 unspecified atom stereocenters. The molecule has 0 atom stereocenters. The Kier molecular flexibility index (Phi) is 3.82. The van der Waals surface area contributed by atoms with E-state index in [0.717, 1.165) is 5.56 Å². The lowest BCUT2D eigenvalue weighted by Crippen LogP contribution is -2.05. The highest BCUT2D eigenvalue weighted by molar-refractivity contribution is 5.71. The van der Waals surface area contributed by atoms with E-state index in [9.17, 15) is 4.39 Å². The first kappa shape index (κ1) is 13.1. The Morgan fingerprint density at radius 2 is 1.89 bits per heavy atom. The van der Waals surface area contributed by atoms with Crippen molar-refractivity contribution in [1.29, 1.82) is 5.26 Å². The highest BCUT2D eigenvalue weighted by Crippen LogP contribution is 2.28. The number of hydrogen-bond donors (Lipinski definition) is 0. The Bertz CT molecular complexity index is 629. The molecule has 0 bridgehead atoms. The number of ether oxygens (including phenoxy) is 1. The van der Waals surface area contributed by atoms with Crippen LogP contribution in [0, 0.1) is 17.1 Å². The highest BCUT2D eigenvalue weighted by Gasteiger charge is 2.10. The molecule has 2 aromatic rings. The molecule has 0 amide bonds. The molecule has 2 aromatic carbocycles. The molecule has 0 aliphatic rings. The summed E-state index contributed by atoms with van der Waals surface area (Å²) in [6.45, 7) is 3.88. The zero-order valence-corrected chi connectivity index (χ0v) is 10.9. The number of rotatable bonds is 3. The molecule has 3 heteroatoms. The van der Waals surface area contributed by atoms with Crippen LogP contribution in [0.1, 0.15) is 19.4 Å². The lowest BCUT2D eigenvalue weighted by atomic mass is 10.00. The first-order valence-corrected chi connectivity index (χ1v) is 6.07. The van der Waals surface area contributed by atoms with Gasteiger partial charge in [-0.3, -0.25) is 0 Å². The molecule has 0 N–H and O–H groups in total. The summed E-state index contributed by atoms with van der Waals surface area (Å²) in [7, 11) is 0. The van der Waals surface area contributed by atoms with Crippen molar-refractivity contribution in [3.8, 4) is 22.9 Å². The second-order valence-electron chi connectivity index (χ2n) is 4.47. The third kappa shape index (κ3) is 2.92. The van der Waals surface area contributed by atoms with Crippen LogP contribution in [-0.4, -0.2) is 6.10 Å². The van der Waals surface area contributed by atoms with Gasteiger partial charge in [0.05, 0.1) is 11.7 Å². The average Bonchev–Trinajstić information content (AvgIpc) is 2.38. The summed E-state index contributed by atoms with van der Waals surface area (Å²) in [5.74, 6) is 0.204. The van der Waals surface area contributed by atoms with Gasteiger partial charge in [0.2, 0.25) is 0 Å². The van der Waals surface area contributed by atoms with E-state index in [4.69, 9.17) is 10.00 Å². The van der Waals surface area contributed by atoms with Crippen LogP contribution in [0.3, 0.4) is 0 Å². The zero-order chi connectivity index (χ0) is 13.8. The fourth-order valence-corrected chi connectivity index (χ4v) is 1.89. The molecule has 2 rings (SSSR count). The maximum atomic E-state index is 13.6. The first-order chi connectivity index (χ1) is 9.11. The van der Waals surface area contributed by atoms with Gasteiger partial charge in [-0.25, -0.2) is 4.39 Å². The first-order valence-electron chi connectivity index (χ1n) is 6.07. The van der Waals surface area contributed by atoms with Crippen molar-refractivity contribution in [3.63, 3.8) is 0 Å². The molecular weight excluding hydrogens is 241 g/mol. The van der Waals surface area contributed by atoms with Gasteiger partial charge in [-0.05, 0) is 37.6 Å². The molecule has 0 aliphatic carbocycles. The zero-order valence-electron chi connectivity index (χ0n) is 10.9. The minimum atomic E-state index is -0.504. The molecule has 0 radical (unpaired) electrons. The largest absolute Gasteiger partial charge is 0.491 e. The quantitative estimate of drug-likeness (QED) is 0.825. The van der Waals surface area contributed by atoms with E-state index in [1.165, 1.54) is 6.07 Å². The van der Waals surface area contributed by atoms with Crippen LogP contribution in [0.25, 0.3) is 11.1 Å². The van der Waals surface area contributed by atoms with Gasteiger partial charge in [-0.1, -0.05) is 24.3 Å². The SMILES string of the molecule is CC(C)Oc1cccc(-c2cccc(F)c2C#N)c1. The lowest BCUT2D eigenvalue weighted by Gasteiger charge is -2.11. The van der Waals surface area contributed by atoms with Gasteiger partial charge < -0.3 is 4.74 Å². The number of nitrogens with zero attached hydrogens (tertiary/aromatic N) is 1. The Hall–Kier alpha value is -2.34. The summed E-state index contributed by atoms with van der Waals surface area (Å²) in [5, 5.41) is 9.05. The molecule has 0 spiro atoms. The van der Waals surface area contributed by atoms with E-state index in [2.05, 4.69) is 0 Å². The van der Waals surface area contributed by atoms with Gasteiger partial charge in [0, 0.05) is 5.56 Å².